The van der Waals surface area contributed by atoms with Crippen LogP contribution in [0.3, 0.4) is 0 Å². The molecule has 4 N–H and O–H groups in total. The number of carbonyl (C=O) groups is 2. The highest BCUT2D eigenvalue weighted by molar-refractivity contribution is 6.04. The quantitative estimate of drug-likeness (QED) is 0.576. The Balaban J connectivity index is 1.37. The van der Waals surface area contributed by atoms with Crippen molar-refractivity contribution in [3.63, 3.8) is 0 Å². The maximum Gasteiger partial charge on any atom is 0.259 e. The predicted octanol–water partition coefficient (Wildman–Crippen LogP) is -0.834. The number of fused-ring (bicyclic) bond motifs is 2. The molecule has 2 aromatic rings. The Morgan fingerprint density at radius 1 is 1.32 bits per heavy atom. The Morgan fingerprint density at radius 3 is 3.00 bits per heavy atom. The molecule has 2 amide bonds. The molecule has 3 fully saturated rings. The molecular formula is C19H24F2N8O2. The van der Waals surface area contributed by atoms with Gasteiger partial charge in [-0.25, -0.2) is 18.3 Å². The number of nitrogens with one attached hydrogen (secondary N) is 2. The van der Waals surface area contributed by atoms with E-state index in [1.807, 2.05) is 9.80 Å². The molecule has 4 unspecified atom stereocenters. The number of halogens is 2. The van der Waals surface area contributed by atoms with Crippen molar-refractivity contribution in [1.29, 1.82) is 0 Å². The Hall–Kier alpha value is -2.86. The fourth-order valence-corrected chi connectivity index (χ4v) is 5.04. The summed E-state index contributed by atoms with van der Waals surface area (Å²) in [5.41, 5.74) is 6.06. The third kappa shape index (κ3) is 3.49. The van der Waals surface area contributed by atoms with Gasteiger partial charge in [-0.1, -0.05) is 0 Å². The zero-order valence-electron chi connectivity index (χ0n) is 16.8. The van der Waals surface area contributed by atoms with Gasteiger partial charge in [0.1, 0.15) is 11.7 Å². The molecule has 4 atom stereocenters. The van der Waals surface area contributed by atoms with E-state index in [4.69, 9.17) is 5.73 Å². The summed E-state index contributed by atoms with van der Waals surface area (Å²) >= 11 is 0. The first kappa shape index (κ1) is 20.1. The van der Waals surface area contributed by atoms with Crippen molar-refractivity contribution in [1.82, 2.24) is 35.0 Å². The zero-order valence-corrected chi connectivity index (χ0v) is 16.8. The van der Waals surface area contributed by atoms with E-state index < -0.39 is 30.0 Å². The number of alkyl halides is 1. The summed E-state index contributed by atoms with van der Waals surface area (Å²) in [6, 6.07) is -0.958. The first-order chi connectivity index (χ1) is 14.9. The zero-order chi connectivity index (χ0) is 21.7. The second-order valence-electron chi connectivity index (χ2n) is 8.32. The molecule has 5 rings (SSSR count). The number of nitrogen functional groups attached to an aromatic ring is 1. The lowest BCUT2D eigenvalue weighted by molar-refractivity contribution is -0.131. The summed E-state index contributed by atoms with van der Waals surface area (Å²) in [5.74, 6) is -1.06. The molecule has 12 heteroatoms. The summed E-state index contributed by atoms with van der Waals surface area (Å²) in [5, 5.41) is 9.85. The lowest BCUT2D eigenvalue weighted by atomic mass is 9.95. The van der Waals surface area contributed by atoms with Crippen molar-refractivity contribution in [3.05, 3.63) is 23.8 Å². The summed E-state index contributed by atoms with van der Waals surface area (Å²) < 4.78 is 29.6. The van der Waals surface area contributed by atoms with Gasteiger partial charge in [0.15, 0.2) is 17.3 Å². The molecule has 3 aliphatic rings. The smallest absolute Gasteiger partial charge is 0.259 e. The van der Waals surface area contributed by atoms with E-state index in [-0.39, 0.29) is 35.5 Å². The number of hydrogen-bond acceptors (Lipinski definition) is 7. The van der Waals surface area contributed by atoms with Crippen LogP contribution >= 0.6 is 0 Å². The van der Waals surface area contributed by atoms with Gasteiger partial charge in [-0.2, -0.15) is 0 Å². The van der Waals surface area contributed by atoms with Crippen LogP contribution in [0.1, 0.15) is 23.2 Å². The highest BCUT2D eigenvalue weighted by Gasteiger charge is 2.44. The molecule has 0 radical (unpaired) electrons. The van der Waals surface area contributed by atoms with E-state index in [0.29, 0.717) is 32.6 Å². The van der Waals surface area contributed by atoms with Gasteiger partial charge in [-0.3, -0.25) is 14.5 Å². The lowest BCUT2D eigenvalue weighted by Crippen LogP contribution is -2.68. The van der Waals surface area contributed by atoms with Gasteiger partial charge in [0.25, 0.3) is 5.91 Å². The molecule has 0 aliphatic carbocycles. The summed E-state index contributed by atoms with van der Waals surface area (Å²) in [6.07, 6.45) is 2.19. The van der Waals surface area contributed by atoms with Crippen LogP contribution in [-0.2, 0) is 4.79 Å². The van der Waals surface area contributed by atoms with Crippen molar-refractivity contribution >= 4 is 23.3 Å². The number of piperazine rings is 1. The minimum atomic E-state index is -1.18. The minimum absolute atomic E-state index is 0.0333. The number of rotatable bonds is 3. The molecule has 0 bridgehead atoms. The summed E-state index contributed by atoms with van der Waals surface area (Å²) in [6.45, 7) is 2.29. The average Bonchev–Trinajstić information content (AvgIpc) is 3.26. The number of nitrogens with zero attached hydrogens (tertiary/aromatic N) is 5. The molecule has 5 heterocycles. The van der Waals surface area contributed by atoms with Crippen LogP contribution in [0, 0.1) is 5.82 Å². The molecule has 166 valence electrons. The van der Waals surface area contributed by atoms with Crippen molar-refractivity contribution in [2.75, 3.05) is 38.5 Å². The Morgan fingerprint density at radius 2 is 2.16 bits per heavy atom. The van der Waals surface area contributed by atoms with Crippen LogP contribution < -0.4 is 16.4 Å². The first-order valence-corrected chi connectivity index (χ1v) is 10.4. The van der Waals surface area contributed by atoms with Crippen molar-refractivity contribution < 1.29 is 18.4 Å². The van der Waals surface area contributed by atoms with Gasteiger partial charge in [0.05, 0.1) is 24.5 Å². The van der Waals surface area contributed by atoms with Gasteiger partial charge in [0, 0.05) is 45.2 Å². The number of aromatic nitrogens is 3. The molecule has 3 saturated heterocycles. The van der Waals surface area contributed by atoms with Crippen molar-refractivity contribution in [2.24, 2.45) is 0 Å². The number of nitrogens with two attached hydrogens (primary N) is 1. The molecule has 2 aromatic heterocycles. The monoisotopic (exact) mass is 434 g/mol. The highest BCUT2D eigenvalue weighted by atomic mass is 19.1. The van der Waals surface area contributed by atoms with Crippen LogP contribution in [0.2, 0.25) is 0 Å². The maximum atomic E-state index is 15.0. The number of carbonyl (C=O) groups excluding carboxylic acids is 2. The SMILES string of the molecule is Nc1nn2cc(F)cnc2c1C(=O)NC1CNCC(F)C1N1CCN2C(=O)CCC2C1. The van der Waals surface area contributed by atoms with Gasteiger partial charge in [-0.05, 0) is 6.42 Å². The van der Waals surface area contributed by atoms with Crippen LogP contribution in [0.4, 0.5) is 14.6 Å². The standard InChI is InChI=1S/C19H24F2N8O2/c20-10-5-24-18-15(17(22)26-29(18)8-10)19(31)25-13-7-23-6-12(21)16(13)27-3-4-28-11(9-27)1-2-14(28)30/h5,8,11-13,16,23H,1-4,6-7,9H2,(H2,22,26)(H,25,31). The fraction of sp³-hybridized carbons (Fsp3) is 0.579. The normalized spacial score (nSPS) is 29.4. The Kier molecular flexibility index (Phi) is 4.97. The van der Waals surface area contributed by atoms with E-state index in [2.05, 4.69) is 20.7 Å². The third-order valence-electron chi connectivity index (χ3n) is 6.45. The number of anilines is 1. The van der Waals surface area contributed by atoms with Crippen LogP contribution in [0.5, 0.6) is 0 Å². The molecule has 10 nitrogen and oxygen atoms in total. The largest absolute Gasteiger partial charge is 0.381 e. The summed E-state index contributed by atoms with van der Waals surface area (Å²) in [7, 11) is 0. The van der Waals surface area contributed by atoms with Crippen molar-refractivity contribution in [3.8, 4) is 0 Å². The van der Waals surface area contributed by atoms with E-state index in [9.17, 15) is 14.0 Å². The molecule has 0 aromatic carbocycles. The highest BCUT2D eigenvalue weighted by Crippen LogP contribution is 2.27. The number of hydrogen-bond donors (Lipinski definition) is 3. The van der Waals surface area contributed by atoms with Gasteiger partial charge >= 0.3 is 0 Å². The van der Waals surface area contributed by atoms with E-state index in [1.165, 1.54) is 0 Å². The van der Waals surface area contributed by atoms with Crippen LogP contribution in [-0.4, -0.2) is 93.2 Å². The Bertz CT molecular complexity index is 1030. The van der Waals surface area contributed by atoms with Crippen LogP contribution in [0.15, 0.2) is 12.4 Å². The topological polar surface area (TPSA) is 121 Å². The molecular weight excluding hydrogens is 410 g/mol. The van der Waals surface area contributed by atoms with Gasteiger partial charge in [0.2, 0.25) is 5.91 Å². The van der Waals surface area contributed by atoms with Gasteiger partial charge in [-0.15, -0.1) is 5.10 Å². The van der Waals surface area contributed by atoms with Crippen molar-refractivity contribution in [2.45, 2.75) is 37.1 Å². The molecule has 31 heavy (non-hydrogen) atoms. The van der Waals surface area contributed by atoms with E-state index in [1.54, 1.807) is 0 Å². The maximum absolute atomic E-state index is 15.0. The number of amides is 2. The number of piperidine rings is 1. The van der Waals surface area contributed by atoms with Gasteiger partial charge < -0.3 is 21.3 Å². The second-order valence-corrected chi connectivity index (χ2v) is 8.32. The predicted molar refractivity (Wildman–Crippen MR) is 106 cm³/mol. The molecule has 0 spiro atoms. The van der Waals surface area contributed by atoms with E-state index in [0.717, 1.165) is 23.3 Å². The second kappa shape index (κ2) is 7.68. The minimum Gasteiger partial charge on any atom is -0.381 e. The summed E-state index contributed by atoms with van der Waals surface area (Å²) in [4.78, 5) is 32.9. The first-order valence-electron chi connectivity index (χ1n) is 10.4. The lowest BCUT2D eigenvalue weighted by Gasteiger charge is -2.47. The third-order valence-corrected chi connectivity index (χ3v) is 6.45. The van der Waals surface area contributed by atoms with E-state index >= 15 is 4.39 Å². The van der Waals surface area contributed by atoms with Crippen LogP contribution in [0.25, 0.3) is 5.65 Å². The molecule has 3 aliphatic heterocycles. The average molecular weight is 434 g/mol. The molecule has 0 saturated carbocycles. The fourth-order valence-electron chi connectivity index (χ4n) is 5.04. The Labute approximate surface area is 176 Å².